The van der Waals surface area contributed by atoms with Gasteiger partial charge in [0.15, 0.2) is 29.3 Å². The normalized spacial score (nSPS) is 10.5. The maximum atomic E-state index is 12.5. The molecule has 0 aliphatic heterocycles. The number of hydrogen-bond donors (Lipinski definition) is 0. The van der Waals surface area contributed by atoms with Crippen LogP contribution in [0.3, 0.4) is 0 Å². The van der Waals surface area contributed by atoms with E-state index in [4.69, 9.17) is 18.6 Å². The molecule has 0 unspecified atom stereocenters. The highest BCUT2D eigenvalue weighted by Gasteiger charge is 2.22. The molecule has 1 aromatic heterocycles. The number of ether oxygens (including phenoxy) is 3. The Balaban J connectivity index is 2.03. The van der Waals surface area contributed by atoms with Gasteiger partial charge in [-0.15, -0.1) is 0 Å². The molecule has 0 spiro atoms. The summed E-state index contributed by atoms with van der Waals surface area (Å²) in [5.74, 6) is -0.387. The largest absolute Gasteiger partial charge is 0.493 e. The number of oxazole rings is 1. The van der Waals surface area contributed by atoms with E-state index < -0.39 is 5.97 Å². The summed E-state index contributed by atoms with van der Waals surface area (Å²) >= 11 is 0. The van der Waals surface area contributed by atoms with Crippen LogP contribution in [0.25, 0.3) is 11.1 Å². The first kappa shape index (κ1) is 16.5. The maximum absolute atomic E-state index is 12.5. The van der Waals surface area contributed by atoms with Gasteiger partial charge in [-0.25, -0.2) is 9.78 Å². The fourth-order valence-electron chi connectivity index (χ4n) is 2.41. The van der Waals surface area contributed by atoms with Crippen LogP contribution in [0.4, 0.5) is 0 Å². The molecule has 7 heteroatoms. The molecule has 128 valence electrons. The molecule has 1 heterocycles. The van der Waals surface area contributed by atoms with E-state index in [1.807, 2.05) is 0 Å². The molecule has 0 amide bonds. The summed E-state index contributed by atoms with van der Waals surface area (Å²) in [6.07, 6.45) is 1.29. The van der Waals surface area contributed by atoms with Crippen molar-refractivity contribution in [2.45, 2.75) is 6.92 Å². The van der Waals surface area contributed by atoms with Crippen molar-refractivity contribution in [3.63, 3.8) is 0 Å². The Morgan fingerprint density at radius 2 is 1.84 bits per heavy atom. The summed E-state index contributed by atoms with van der Waals surface area (Å²) in [4.78, 5) is 28.4. The van der Waals surface area contributed by atoms with E-state index >= 15 is 0 Å². The molecule has 0 fully saturated rings. The SMILES string of the molecule is COc1ccc(C(C)=O)c(OC(=O)c2ccc3ocnc3c2)c1OC. The fourth-order valence-corrected chi connectivity index (χ4v) is 2.41. The number of hydrogen-bond acceptors (Lipinski definition) is 7. The zero-order valence-electron chi connectivity index (χ0n) is 13.9. The monoisotopic (exact) mass is 341 g/mol. The van der Waals surface area contributed by atoms with Crippen molar-refractivity contribution in [3.05, 3.63) is 47.9 Å². The molecule has 0 aliphatic carbocycles. The predicted molar refractivity (Wildman–Crippen MR) is 88.5 cm³/mol. The van der Waals surface area contributed by atoms with Crippen molar-refractivity contribution in [3.8, 4) is 17.2 Å². The summed E-state index contributed by atoms with van der Waals surface area (Å²) in [6, 6.07) is 7.81. The van der Waals surface area contributed by atoms with E-state index in [-0.39, 0.29) is 28.4 Å². The van der Waals surface area contributed by atoms with E-state index in [1.54, 1.807) is 24.3 Å². The number of carbonyl (C=O) groups is 2. The van der Waals surface area contributed by atoms with Crippen LogP contribution in [0.2, 0.25) is 0 Å². The Hall–Kier alpha value is -3.35. The molecular formula is C18H15NO6. The van der Waals surface area contributed by atoms with Gasteiger partial charge in [-0.05, 0) is 37.3 Å². The van der Waals surface area contributed by atoms with E-state index in [9.17, 15) is 9.59 Å². The summed E-state index contributed by atoms with van der Waals surface area (Å²) in [5.41, 5.74) is 1.56. The summed E-state index contributed by atoms with van der Waals surface area (Å²) in [6.45, 7) is 1.38. The van der Waals surface area contributed by atoms with Gasteiger partial charge < -0.3 is 18.6 Å². The molecule has 0 radical (unpaired) electrons. The van der Waals surface area contributed by atoms with E-state index in [0.29, 0.717) is 16.8 Å². The molecule has 0 saturated heterocycles. The van der Waals surface area contributed by atoms with Gasteiger partial charge in [0.05, 0.1) is 25.3 Å². The smallest absolute Gasteiger partial charge is 0.343 e. The van der Waals surface area contributed by atoms with Crippen LogP contribution in [-0.2, 0) is 0 Å². The molecule has 3 rings (SSSR count). The predicted octanol–water partition coefficient (Wildman–Crippen LogP) is 3.27. The van der Waals surface area contributed by atoms with Crippen LogP contribution in [0, 0.1) is 0 Å². The van der Waals surface area contributed by atoms with Crippen molar-refractivity contribution < 1.29 is 28.2 Å². The van der Waals surface area contributed by atoms with Gasteiger partial charge >= 0.3 is 5.97 Å². The Morgan fingerprint density at radius 1 is 1.04 bits per heavy atom. The van der Waals surface area contributed by atoms with E-state index in [1.165, 1.54) is 33.6 Å². The molecule has 2 aromatic carbocycles. The quantitative estimate of drug-likeness (QED) is 0.400. The number of fused-ring (bicyclic) bond motifs is 1. The minimum Gasteiger partial charge on any atom is -0.493 e. The second-order valence-electron chi connectivity index (χ2n) is 5.16. The third-order valence-electron chi connectivity index (χ3n) is 3.64. The van der Waals surface area contributed by atoms with Gasteiger partial charge in [0, 0.05) is 0 Å². The minimum atomic E-state index is -0.654. The van der Waals surface area contributed by atoms with Gasteiger partial charge in [0.1, 0.15) is 5.52 Å². The zero-order chi connectivity index (χ0) is 18.0. The van der Waals surface area contributed by atoms with Gasteiger partial charge in [-0.1, -0.05) is 0 Å². The van der Waals surface area contributed by atoms with Gasteiger partial charge in [-0.3, -0.25) is 4.79 Å². The van der Waals surface area contributed by atoms with Crippen LogP contribution >= 0.6 is 0 Å². The molecule has 7 nitrogen and oxygen atoms in total. The molecule has 3 aromatic rings. The number of carbonyl (C=O) groups excluding carboxylic acids is 2. The van der Waals surface area contributed by atoms with Crippen LogP contribution in [0.15, 0.2) is 41.1 Å². The van der Waals surface area contributed by atoms with Crippen molar-refractivity contribution in [1.29, 1.82) is 0 Å². The first-order chi connectivity index (χ1) is 12.0. The standard InChI is InChI=1S/C18H15NO6/c1-10(20)12-5-7-15(22-2)17(23-3)16(12)25-18(21)11-4-6-14-13(8-11)19-9-24-14/h4-9H,1-3H3. The third-order valence-corrected chi connectivity index (χ3v) is 3.64. The summed E-state index contributed by atoms with van der Waals surface area (Å²) in [7, 11) is 2.86. The average Bonchev–Trinajstić information content (AvgIpc) is 3.08. The first-order valence-corrected chi connectivity index (χ1v) is 7.36. The lowest BCUT2D eigenvalue weighted by Crippen LogP contribution is -2.12. The second kappa shape index (κ2) is 6.64. The molecule has 0 N–H and O–H groups in total. The second-order valence-corrected chi connectivity index (χ2v) is 5.16. The zero-order valence-corrected chi connectivity index (χ0v) is 13.9. The number of aromatic nitrogens is 1. The van der Waals surface area contributed by atoms with Crippen molar-refractivity contribution >= 4 is 22.9 Å². The van der Waals surface area contributed by atoms with Crippen LogP contribution < -0.4 is 14.2 Å². The van der Waals surface area contributed by atoms with E-state index in [2.05, 4.69) is 4.98 Å². The van der Waals surface area contributed by atoms with E-state index in [0.717, 1.165) is 0 Å². The fraction of sp³-hybridized carbons (Fsp3) is 0.167. The summed E-state index contributed by atoms with van der Waals surface area (Å²) < 4.78 is 21.1. The number of rotatable bonds is 5. The number of nitrogens with zero attached hydrogens (tertiary/aromatic N) is 1. The highest BCUT2D eigenvalue weighted by Crippen LogP contribution is 2.40. The van der Waals surface area contributed by atoms with Gasteiger partial charge in [-0.2, -0.15) is 0 Å². The molecule has 0 atom stereocenters. The lowest BCUT2D eigenvalue weighted by atomic mass is 10.1. The topological polar surface area (TPSA) is 87.9 Å². The average molecular weight is 341 g/mol. The minimum absolute atomic E-state index is 0.0135. The van der Waals surface area contributed by atoms with Crippen LogP contribution in [0.1, 0.15) is 27.6 Å². The Morgan fingerprint density at radius 3 is 2.52 bits per heavy atom. The highest BCUT2D eigenvalue weighted by atomic mass is 16.6. The molecule has 0 bridgehead atoms. The van der Waals surface area contributed by atoms with Crippen molar-refractivity contribution in [2.24, 2.45) is 0 Å². The molecule has 25 heavy (non-hydrogen) atoms. The Labute approximate surface area is 143 Å². The molecule has 0 saturated carbocycles. The van der Waals surface area contributed by atoms with Gasteiger partial charge in [0.2, 0.25) is 5.75 Å². The third kappa shape index (κ3) is 3.03. The van der Waals surface area contributed by atoms with Crippen LogP contribution in [-0.4, -0.2) is 31.0 Å². The molecule has 0 aliphatic rings. The number of benzene rings is 2. The number of ketones is 1. The van der Waals surface area contributed by atoms with Crippen molar-refractivity contribution in [1.82, 2.24) is 4.98 Å². The number of Topliss-reactive ketones (excluding diaryl/α,β-unsaturated/α-hetero) is 1. The van der Waals surface area contributed by atoms with Crippen LogP contribution in [0.5, 0.6) is 17.2 Å². The maximum Gasteiger partial charge on any atom is 0.343 e. The lowest BCUT2D eigenvalue weighted by Gasteiger charge is -2.15. The summed E-state index contributed by atoms with van der Waals surface area (Å²) in [5, 5.41) is 0. The molecular weight excluding hydrogens is 326 g/mol. The Bertz CT molecular complexity index is 959. The first-order valence-electron chi connectivity index (χ1n) is 7.36. The highest BCUT2D eigenvalue weighted by molar-refractivity contribution is 6.01. The Kier molecular flexibility index (Phi) is 4.38. The lowest BCUT2D eigenvalue weighted by molar-refractivity contribution is 0.0727. The van der Waals surface area contributed by atoms with Gasteiger partial charge in [0.25, 0.3) is 0 Å². The van der Waals surface area contributed by atoms with Crippen molar-refractivity contribution in [2.75, 3.05) is 14.2 Å². The number of esters is 1. The number of methoxy groups -OCH3 is 2.